The lowest BCUT2D eigenvalue weighted by atomic mass is 10.2. The van der Waals surface area contributed by atoms with E-state index in [1.165, 1.54) is 0 Å². The van der Waals surface area contributed by atoms with Crippen LogP contribution < -0.4 is 10.6 Å². The number of rotatable bonds is 6. The highest BCUT2D eigenvalue weighted by Gasteiger charge is 2.01. The van der Waals surface area contributed by atoms with Crippen LogP contribution in [-0.2, 0) is 17.9 Å². The second kappa shape index (κ2) is 7.77. The fourth-order valence-corrected chi connectivity index (χ4v) is 2.14. The summed E-state index contributed by atoms with van der Waals surface area (Å²) in [6, 6.07) is 11.8. The number of halogens is 1. The molecule has 2 N–H and O–H groups in total. The number of nitrogens with one attached hydrogen (secondary N) is 2. The summed E-state index contributed by atoms with van der Waals surface area (Å²) >= 11 is 3.36. The number of pyridine rings is 1. The van der Waals surface area contributed by atoms with Crippen molar-refractivity contribution in [2.75, 3.05) is 6.54 Å². The first-order valence-electron chi connectivity index (χ1n) is 6.35. The third-order valence-electron chi connectivity index (χ3n) is 2.71. The summed E-state index contributed by atoms with van der Waals surface area (Å²) in [5.74, 6) is -0.0168. The number of aromatic nitrogens is 1. The van der Waals surface area contributed by atoms with Gasteiger partial charge in [-0.05, 0) is 33.1 Å². The monoisotopic (exact) mass is 333 g/mol. The molecule has 4 nitrogen and oxygen atoms in total. The van der Waals surface area contributed by atoms with Gasteiger partial charge in [0.2, 0.25) is 5.91 Å². The molecule has 0 saturated carbocycles. The zero-order valence-electron chi connectivity index (χ0n) is 11.0. The first kappa shape index (κ1) is 14.7. The molecule has 20 heavy (non-hydrogen) atoms. The molecule has 1 amide bonds. The molecule has 0 unspecified atom stereocenters. The van der Waals surface area contributed by atoms with Gasteiger partial charge in [-0.2, -0.15) is 0 Å². The van der Waals surface area contributed by atoms with Crippen LogP contribution >= 0.6 is 15.9 Å². The average molecular weight is 334 g/mol. The minimum atomic E-state index is -0.0168. The van der Waals surface area contributed by atoms with Crippen molar-refractivity contribution in [1.29, 1.82) is 0 Å². The van der Waals surface area contributed by atoms with E-state index < -0.39 is 0 Å². The Bertz CT molecular complexity index is 560. The van der Waals surface area contributed by atoms with Gasteiger partial charge in [0, 0.05) is 30.0 Å². The standard InChI is InChI=1S/C15H16BrN3O/c16-14-6-13(7-17-10-14)8-18-11-15(20)19-9-12-4-2-1-3-5-12/h1-7,10,18H,8-9,11H2,(H,19,20). The molecule has 2 rings (SSSR count). The minimum absolute atomic E-state index is 0.0168. The zero-order chi connectivity index (χ0) is 14.2. The fourth-order valence-electron chi connectivity index (χ4n) is 1.73. The summed E-state index contributed by atoms with van der Waals surface area (Å²) in [5.41, 5.74) is 2.13. The number of benzene rings is 1. The molecule has 0 aliphatic rings. The van der Waals surface area contributed by atoms with Crippen LogP contribution in [0.5, 0.6) is 0 Å². The minimum Gasteiger partial charge on any atom is -0.351 e. The number of amides is 1. The van der Waals surface area contributed by atoms with E-state index in [4.69, 9.17) is 0 Å². The molecule has 5 heteroatoms. The molecular formula is C15H16BrN3O. The molecule has 1 aromatic carbocycles. The van der Waals surface area contributed by atoms with Crippen LogP contribution in [0, 0.1) is 0 Å². The first-order chi connectivity index (χ1) is 9.74. The van der Waals surface area contributed by atoms with Crippen LogP contribution in [0.2, 0.25) is 0 Å². The van der Waals surface area contributed by atoms with Crippen molar-refractivity contribution in [2.24, 2.45) is 0 Å². The smallest absolute Gasteiger partial charge is 0.234 e. The summed E-state index contributed by atoms with van der Waals surface area (Å²) in [7, 11) is 0. The van der Waals surface area contributed by atoms with Crippen molar-refractivity contribution >= 4 is 21.8 Å². The Balaban J connectivity index is 1.68. The van der Waals surface area contributed by atoms with Crippen molar-refractivity contribution < 1.29 is 4.79 Å². The highest BCUT2D eigenvalue weighted by molar-refractivity contribution is 9.10. The Hall–Kier alpha value is -1.72. The third-order valence-corrected chi connectivity index (χ3v) is 3.14. The van der Waals surface area contributed by atoms with Gasteiger partial charge >= 0.3 is 0 Å². The zero-order valence-corrected chi connectivity index (χ0v) is 12.6. The van der Waals surface area contributed by atoms with Gasteiger partial charge in [-0.25, -0.2) is 0 Å². The van der Waals surface area contributed by atoms with Crippen molar-refractivity contribution in [3.8, 4) is 0 Å². The molecule has 2 aromatic rings. The molecule has 1 aromatic heterocycles. The van der Waals surface area contributed by atoms with E-state index in [0.29, 0.717) is 19.6 Å². The summed E-state index contributed by atoms with van der Waals surface area (Å²) in [4.78, 5) is 15.7. The van der Waals surface area contributed by atoms with Crippen LogP contribution in [0.25, 0.3) is 0 Å². The molecule has 0 bridgehead atoms. The second-order valence-electron chi connectivity index (χ2n) is 4.38. The third kappa shape index (κ3) is 5.11. The lowest BCUT2D eigenvalue weighted by Gasteiger charge is -2.07. The van der Waals surface area contributed by atoms with Gasteiger partial charge < -0.3 is 10.6 Å². The van der Waals surface area contributed by atoms with Gasteiger partial charge in [-0.15, -0.1) is 0 Å². The molecule has 0 fully saturated rings. The maximum absolute atomic E-state index is 11.7. The predicted molar refractivity (Wildman–Crippen MR) is 81.9 cm³/mol. The summed E-state index contributed by atoms with van der Waals surface area (Å²) in [5, 5.41) is 5.96. The van der Waals surface area contributed by atoms with E-state index in [-0.39, 0.29) is 5.91 Å². The predicted octanol–water partition coefficient (Wildman–Crippen LogP) is 2.25. The topological polar surface area (TPSA) is 54.0 Å². The number of carbonyl (C=O) groups excluding carboxylic acids is 1. The highest BCUT2D eigenvalue weighted by atomic mass is 79.9. The Labute approximate surface area is 126 Å². The maximum Gasteiger partial charge on any atom is 0.234 e. The van der Waals surface area contributed by atoms with Crippen LogP contribution in [-0.4, -0.2) is 17.4 Å². The van der Waals surface area contributed by atoms with Crippen molar-refractivity contribution in [3.63, 3.8) is 0 Å². The molecule has 104 valence electrons. The Morgan fingerprint density at radius 3 is 2.65 bits per heavy atom. The van der Waals surface area contributed by atoms with E-state index >= 15 is 0 Å². The number of carbonyl (C=O) groups is 1. The number of hydrogen-bond donors (Lipinski definition) is 2. The number of nitrogens with zero attached hydrogens (tertiary/aromatic N) is 1. The molecule has 0 atom stereocenters. The van der Waals surface area contributed by atoms with Crippen molar-refractivity contribution in [2.45, 2.75) is 13.1 Å². The molecule has 0 saturated heterocycles. The second-order valence-corrected chi connectivity index (χ2v) is 5.29. The molecule has 0 aliphatic carbocycles. The van der Waals surface area contributed by atoms with Crippen LogP contribution in [0.4, 0.5) is 0 Å². The van der Waals surface area contributed by atoms with E-state index in [2.05, 4.69) is 31.5 Å². The van der Waals surface area contributed by atoms with Crippen molar-refractivity contribution in [3.05, 3.63) is 64.4 Å². The van der Waals surface area contributed by atoms with Crippen LogP contribution in [0.15, 0.2) is 53.3 Å². The number of hydrogen-bond acceptors (Lipinski definition) is 3. The van der Waals surface area contributed by atoms with Crippen molar-refractivity contribution in [1.82, 2.24) is 15.6 Å². The van der Waals surface area contributed by atoms with Gasteiger partial charge in [-0.1, -0.05) is 30.3 Å². The molecule has 0 radical (unpaired) electrons. The van der Waals surface area contributed by atoms with Gasteiger partial charge in [-0.3, -0.25) is 9.78 Å². The van der Waals surface area contributed by atoms with E-state index in [1.807, 2.05) is 36.4 Å². The van der Waals surface area contributed by atoms with Gasteiger partial charge in [0.25, 0.3) is 0 Å². The van der Waals surface area contributed by atoms with E-state index in [1.54, 1.807) is 12.4 Å². The molecule has 0 spiro atoms. The first-order valence-corrected chi connectivity index (χ1v) is 7.14. The van der Waals surface area contributed by atoms with Crippen LogP contribution in [0.3, 0.4) is 0 Å². The van der Waals surface area contributed by atoms with Gasteiger partial charge in [0.1, 0.15) is 0 Å². The normalized spacial score (nSPS) is 10.2. The van der Waals surface area contributed by atoms with Crippen LogP contribution in [0.1, 0.15) is 11.1 Å². The quantitative estimate of drug-likeness (QED) is 0.852. The SMILES string of the molecule is O=C(CNCc1cncc(Br)c1)NCc1ccccc1. The Morgan fingerprint density at radius 1 is 1.10 bits per heavy atom. The largest absolute Gasteiger partial charge is 0.351 e. The lowest BCUT2D eigenvalue weighted by Crippen LogP contribution is -2.33. The summed E-state index contributed by atoms with van der Waals surface area (Å²) in [6.07, 6.45) is 3.51. The summed E-state index contributed by atoms with van der Waals surface area (Å²) in [6.45, 7) is 1.46. The maximum atomic E-state index is 11.7. The Morgan fingerprint density at radius 2 is 1.90 bits per heavy atom. The van der Waals surface area contributed by atoms with E-state index in [9.17, 15) is 4.79 Å². The van der Waals surface area contributed by atoms with Gasteiger partial charge in [0.15, 0.2) is 0 Å². The fraction of sp³-hybridized carbons (Fsp3) is 0.200. The molecule has 0 aliphatic heterocycles. The molecular weight excluding hydrogens is 318 g/mol. The average Bonchev–Trinajstić information content (AvgIpc) is 2.46. The summed E-state index contributed by atoms with van der Waals surface area (Å²) < 4.78 is 0.935. The Kier molecular flexibility index (Phi) is 5.70. The molecule has 1 heterocycles. The lowest BCUT2D eigenvalue weighted by molar-refractivity contribution is -0.120. The van der Waals surface area contributed by atoms with E-state index in [0.717, 1.165) is 15.6 Å². The van der Waals surface area contributed by atoms with Gasteiger partial charge in [0.05, 0.1) is 6.54 Å². The highest BCUT2D eigenvalue weighted by Crippen LogP contribution is 2.08.